The first-order chi connectivity index (χ1) is 8.84. The molecule has 0 aliphatic heterocycles. The van der Waals surface area contributed by atoms with Gasteiger partial charge in [0.2, 0.25) is 10.0 Å². The largest absolute Gasteiger partial charge is 0.398 e. The van der Waals surface area contributed by atoms with E-state index < -0.39 is 10.0 Å². The predicted octanol–water partition coefficient (Wildman–Crippen LogP) is 2.61. The number of anilines is 1. The van der Waals surface area contributed by atoms with Crippen LogP contribution < -0.4 is 5.73 Å². The number of rotatable bonds is 5. The van der Waals surface area contributed by atoms with Gasteiger partial charge in [-0.15, -0.1) is 6.42 Å². The van der Waals surface area contributed by atoms with E-state index in [1.54, 1.807) is 0 Å². The lowest BCUT2D eigenvalue weighted by molar-refractivity contribution is 0.446. The molecule has 0 aliphatic carbocycles. The quantitative estimate of drug-likeness (QED) is 0.670. The lowest BCUT2D eigenvalue weighted by Gasteiger charge is -2.21. The monoisotopic (exact) mass is 320 g/mol. The molecule has 0 radical (unpaired) electrons. The van der Waals surface area contributed by atoms with Crippen LogP contribution in [0.25, 0.3) is 0 Å². The third kappa shape index (κ3) is 3.54. The number of nitrogens with two attached hydrogens (primary N) is 1. The van der Waals surface area contributed by atoms with Gasteiger partial charge >= 0.3 is 0 Å². The normalized spacial score (nSPS) is 11.5. The number of halogens is 2. The Balaban J connectivity index is 3.38. The summed E-state index contributed by atoms with van der Waals surface area (Å²) in [5, 5.41) is 0.267. The highest BCUT2D eigenvalue weighted by atomic mass is 35.5. The van der Waals surface area contributed by atoms with Gasteiger partial charge in [0.15, 0.2) is 0 Å². The molecule has 0 aliphatic rings. The van der Waals surface area contributed by atoms with Crippen LogP contribution in [0.1, 0.15) is 13.3 Å². The molecular formula is C12H14Cl2N2O2S. The Morgan fingerprint density at radius 1 is 1.42 bits per heavy atom. The molecule has 0 saturated heterocycles. The minimum Gasteiger partial charge on any atom is -0.398 e. The maximum atomic E-state index is 12.5. The van der Waals surface area contributed by atoms with E-state index in [-0.39, 0.29) is 27.2 Å². The van der Waals surface area contributed by atoms with Crippen molar-refractivity contribution in [1.82, 2.24) is 4.31 Å². The first-order valence-electron chi connectivity index (χ1n) is 5.52. The van der Waals surface area contributed by atoms with Crippen molar-refractivity contribution >= 4 is 38.9 Å². The standard InChI is InChI=1S/C12H14Cl2N2O2S/c1-3-5-16(6-4-2)19(17,18)12-10(14)7-9(13)8-11(12)15/h1,7-8H,4-6,15H2,2H3. The fourth-order valence-electron chi connectivity index (χ4n) is 1.62. The van der Waals surface area contributed by atoms with Gasteiger partial charge in [0.05, 0.1) is 17.3 Å². The van der Waals surface area contributed by atoms with E-state index in [0.717, 1.165) is 0 Å². The van der Waals surface area contributed by atoms with Gasteiger partial charge in [-0.3, -0.25) is 0 Å². The molecule has 0 spiro atoms. The Morgan fingerprint density at radius 3 is 2.53 bits per heavy atom. The number of nitrogens with zero attached hydrogens (tertiary/aromatic N) is 1. The molecule has 0 bridgehead atoms. The molecular weight excluding hydrogens is 307 g/mol. The van der Waals surface area contributed by atoms with Crippen molar-refractivity contribution in [3.05, 3.63) is 22.2 Å². The van der Waals surface area contributed by atoms with Crippen molar-refractivity contribution in [3.63, 3.8) is 0 Å². The van der Waals surface area contributed by atoms with E-state index in [4.69, 9.17) is 35.4 Å². The van der Waals surface area contributed by atoms with Gasteiger partial charge in [-0.05, 0) is 18.6 Å². The van der Waals surface area contributed by atoms with Gasteiger partial charge in [0, 0.05) is 11.6 Å². The number of nitrogen functional groups attached to an aromatic ring is 1. The van der Waals surface area contributed by atoms with Crippen molar-refractivity contribution in [2.24, 2.45) is 0 Å². The van der Waals surface area contributed by atoms with Gasteiger partial charge in [0.25, 0.3) is 0 Å². The minimum atomic E-state index is -3.83. The Kier molecular flexibility index (Phi) is 5.50. The van der Waals surface area contributed by atoms with E-state index in [1.807, 2.05) is 6.92 Å². The summed E-state index contributed by atoms with van der Waals surface area (Å²) in [5.74, 6) is 2.32. The van der Waals surface area contributed by atoms with Crippen LogP contribution in [0.4, 0.5) is 5.69 Å². The zero-order valence-electron chi connectivity index (χ0n) is 10.4. The Labute approximate surface area is 123 Å². The first-order valence-corrected chi connectivity index (χ1v) is 7.72. The highest BCUT2D eigenvalue weighted by Gasteiger charge is 2.28. The van der Waals surface area contributed by atoms with E-state index in [1.165, 1.54) is 16.4 Å². The summed E-state index contributed by atoms with van der Waals surface area (Å²) in [5.41, 5.74) is 5.72. The SMILES string of the molecule is C#CCN(CCC)S(=O)(=O)c1c(N)cc(Cl)cc1Cl. The Bertz CT molecular complexity index is 586. The highest BCUT2D eigenvalue weighted by Crippen LogP contribution is 2.33. The van der Waals surface area contributed by atoms with Crippen molar-refractivity contribution in [3.8, 4) is 12.3 Å². The molecule has 1 aromatic carbocycles. The second-order valence-corrected chi connectivity index (χ2v) is 6.57. The smallest absolute Gasteiger partial charge is 0.247 e. The molecule has 0 fully saturated rings. The van der Waals surface area contributed by atoms with Crippen LogP contribution in [0.2, 0.25) is 10.0 Å². The zero-order valence-corrected chi connectivity index (χ0v) is 12.7. The topological polar surface area (TPSA) is 63.4 Å². The van der Waals surface area contributed by atoms with Crippen molar-refractivity contribution in [2.75, 3.05) is 18.8 Å². The summed E-state index contributed by atoms with van der Waals surface area (Å²) in [6.45, 7) is 2.12. The molecule has 4 nitrogen and oxygen atoms in total. The fourth-order valence-corrected chi connectivity index (χ4v) is 4.01. The average Bonchev–Trinajstić information content (AvgIpc) is 2.26. The summed E-state index contributed by atoms with van der Waals surface area (Å²) >= 11 is 11.7. The van der Waals surface area contributed by atoms with Gasteiger partial charge < -0.3 is 5.73 Å². The van der Waals surface area contributed by atoms with Gasteiger partial charge in [-0.1, -0.05) is 36.0 Å². The molecule has 1 rings (SSSR count). The van der Waals surface area contributed by atoms with Crippen LogP contribution in [-0.2, 0) is 10.0 Å². The summed E-state index contributed by atoms with van der Waals surface area (Å²) in [4.78, 5) is -0.151. The molecule has 1 aromatic rings. The second kappa shape index (κ2) is 6.49. The minimum absolute atomic E-state index is 0.00984. The van der Waals surface area contributed by atoms with E-state index >= 15 is 0 Å². The third-order valence-electron chi connectivity index (χ3n) is 2.38. The summed E-state index contributed by atoms with van der Waals surface area (Å²) < 4.78 is 26.1. The molecule has 0 unspecified atom stereocenters. The Hall–Kier alpha value is -0.930. The molecule has 0 heterocycles. The number of hydrogen-bond donors (Lipinski definition) is 1. The van der Waals surface area contributed by atoms with Crippen molar-refractivity contribution in [2.45, 2.75) is 18.2 Å². The number of sulfonamides is 1. The molecule has 19 heavy (non-hydrogen) atoms. The van der Waals surface area contributed by atoms with E-state index in [2.05, 4.69) is 5.92 Å². The molecule has 0 amide bonds. The number of benzene rings is 1. The van der Waals surface area contributed by atoms with E-state index in [9.17, 15) is 8.42 Å². The van der Waals surface area contributed by atoms with Crippen LogP contribution in [0.3, 0.4) is 0 Å². The lowest BCUT2D eigenvalue weighted by atomic mass is 10.3. The van der Waals surface area contributed by atoms with Gasteiger partial charge in [-0.25, -0.2) is 8.42 Å². The highest BCUT2D eigenvalue weighted by molar-refractivity contribution is 7.89. The van der Waals surface area contributed by atoms with Crippen LogP contribution >= 0.6 is 23.2 Å². The van der Waals surface area contributed by atoms with Crippen LogP contribution in [0.5, 0.6) is 0 Å². The number of terminal acetylenes is 1. The predicted molar refractivity (Wildman–Crippen MR) is 78.8 cm³/mol. The fraction of sp³-hybridized carbons (Fsp3) is 0.333. The summed E-state index contributed by atoms with van der Waals surface area (Å²) in [7, 11) is -3.83. The second-order valence-electron chi connectivity index (χ2n) is 3.85. The van der Waals surface area contributed by atoms with Crippen LogP contribution in [0.15, 0.2) is 17.0 Å². The Morgan fingerprint density at radius 2 is 2.05 bits per heavy atom. The third-order valence-corrected chi connectivity index (χ3v) is 4.97. The van der Waals surface area contributed by atoms with Crippen LogP contribution in [-0.4, -0.2) is 25.8 Å². The zero-order chi connectivity index (χ0) is 14.6. The van der Waals surface area contributed by atoms with Crippen molar-refractivity contribution in [1.29, 1.82) is 0 Å². The molecule has 2 N–H and O–H groups in total. The molecule has 104 valence electrons. The lowest BCUT2D eigenvalue weighted by Crippen LogP contribution is -2.33. The first kappa shape index (κ1) is 16.1. The molecule has 0 atom stereocenters. The van der Waals surface area contributed by atoms with E-state index in [0.29, 0.717) is 13.0 Å². The van der Waals surface area contributed by atoms with Crippen molar-refractivity contribution < 1.29 is 8.42 Å². The maximum absolute atomic E-state index is 12.5. The van der Waals surface area contributed by atoms with Gasteiger partial charge in [0.1, 0.15) is 4.90 Å². The maximum Gasteiger partial charge on any atom is 0.247 e. The molecule has 7 heteroatoms. The van der Waals surface area contributed by atoms with Gasteiger partial charge in [-0.2, -0.15) is 4.31 Å². The summed E-state index contributed by atoms with van der Waals surface area (Å²) in [6, 6.07) is 2.69. The average molecular weight is 321 g/mol. The number of hydrogen-bond acceptors (Lipinski definition) is 3. The van der Waals surface area contributed by atoms with Crippen LogP contribution in [0, 0.1) is 12.3 Å². The summed E-state index contributed by atoms with van der Waals surface area (Å²) in [6.07, 6.45) is 5.82. The molecule has 0 saturated carbocycles. The molecule has 0 aromatic heterocycles.